The molecule has 1 aromatic carbocycles. The topological polar surface area (TPSA) is 132 Å². The van der Waals surface area contributed by atoms with Gasteiger partial charge in [-0.2, -0.15) is 5.10 Å². The first kappa shape index (κ1) is 19.9. The lowest BCUT2D eigenvalue weighted by atomic mass is 10.1. The molecular weight excluding hydrogens is 426 g/mol. The molecule has 4 aromatic heterocycles. The number of thiazole rings is 1. The Morgan fingerprint density at radius 3 is 2.94 bits per heavy atom. The standard InChI is InChI=1S/C22H19N7O2S/c1-29-19(22(31)24-10-12-4-2-6-16-15(12)11-25-28-16)14(9-23)20-21(29)27-18(32-20)8-13-5-3-7-17(30)26-13/h2-7,9,11,23H,8,10H2,1H3,(H,24,31)(H,25,28)(H,26,30). The second-order valence-corrected chi connectivity index (χ2v) is 8.46. The van der Waals surface area contributed by atoms with Crippen LogP contribution in [0.3, 0.4) is 0 Å². The van der Waals surface area contributed by atoms with E-state index in [0.29, 0.717) is 29.9 Å². The molecular formula is C22H19N7O2S. The van der Waals surface area contributed by atoms with Crippen LogP contribution in [-0.2, 0) is 20.0 Å². The number of hydrogen-bond acceptors (Lipinski definition) is 6. The van der Waals surface area contributed by atoms with Crippen molar-refractivity contribution >= 4 is 44.7 Å². The Kier molecular flexibility index (Phi) is 4.91. The zero-order valence-corrected chi connectivity index (χ0v) is 17.9. The molecule has 1 amide bonds. The molecule has 0 spiro atoms. The molecule has 0 bridgehead atoms. The van der Waals surface area contributed by atoms with Gasteiger partial charge in [0.05, 0.1) is 16.4 Å². The van der Waals surface area contributed by atoms with Crippen LogP contribution in [0, 0.1) is 5.41 Å². The number of H-pyrrole nitrogens is 2. The fourth-order valence-corrected chi connectivity index (χ4v) is 4.97. The Bertz CT molecular complexity index is 1540. The van der Waals surface area contributed by atoms with Gasteiger partial charge in [0.15, 0.2) is 5.65 Å². The number of benzene rings is 1. The Morgan fingerprint density at radius 2 is 2.12 bits per heavy atom. The van der Waals surface area contributed by atoms with E-state index in [0.717, 1.165) is 31.9 Å². The van der Waals surface area contributed by atoms with E-state index in [1.54, 1.807) is 23.9 Å². The smallest absolute Gasteiger partial charge is 0.268 e. The largest absolute Gasteiger partial charge is 0.347 e. The number of aromatic amines is 2. The van der Waals surface area contributed by atoms with Crippen LogP contribution in [0.25, 0.3) is 21.3 Å². The van der Waals surface area contributed by atoms with Crippen molar-refractivity contribution in [2.24, 2.45) is 7.05 Å². The Balaban J connectivity index is 1.43. The van der Waals surface area contributed by atoms with Crippen LogP contribution in [0.2, 0.25) is 0 Å². The monoisotopic (exact) mass is 445 g/mol. The quantitative estimate of drug-likeness (QED) is 0.299. The molecule has 0 saturated carbocycles. The minimum atomic E-state index is -0.273. The molecule has 5 rings (SSSR count). The summed E-state index contributed by atoms with van der Waals surface area (Å²) in [6, 6.07) is 10.8. The number of carbonyl (C=O) groups is 1. The number of carbonyl (C=O) groups excluding carboxylic acids is 1. The molecule has 0 unspecified atom stereocenters. The van der Waals surface area contributed by atoms with Crippen LogP contribution in [0.15, 0.2) is 47.4 Å². The number of hydrogen-bond donors (Lipinski definition) is 4. The average Bonchev–Trinajstić information content (AvgIpc) is 3.47. The van der Waals surface area contributed by atoms with Gasteiger partial charge < -0.3 is 20.3 Å². The maximum atomic E-state index is 13.1. The van der Waals surface area contributed by atoms with Crippen LogP contribution < -0.4 is 10.9 Å². The third-order valence-electron chi connectivity index (χ3n) is 5.35. The molecule has 0 aliphatic rings. The van der Waals surface area contributed by atoms with Crippen LogP contribution >= 0.6 is 11.3 Å². The molecule has 0 radical (unpaired) electrons. The molecule has 0 aliphatic heterocycles. The summed E-state index contributed by atoms with van der Waals surface area (Å²) < 4.78 is 2.50. The molecule has 32 heavy (non-hydrogen) atoms. The molecule has 0 aliphatic carbocycles. The van der Waals surface area contributed by atoms with Crippen molar-refractivity contribution < 1.29 is 4.79 Å². The first-order valence-electron chi connectivity index (χ1n) is 9.91. The number of pyridine rings is 1. The van der Waals surface area contributed by atoms with Crippen molar-refractivity contribution in [2.45, 2.75) is 13.0 Å². The number of aryl methyl sites for hydroxylation is 1. The second kappa shape index (κ2) is 7.89. The van der Waals surface area contributed by atoms with E-state index in [9.17, 15) is 9.59 Å². The highest BCUT2D eigenvalue weighted by molar-refractivity contribution is 7.19. The minimum Gasteiger partial charge on any atom is -0.347 e. The predicted molar refractivity (Wildman–Crippen MR) is 124 cm³/mol. The van der Waals surface area contributed by atoms with Crippen LogP contribution in [-0.4, -0.2) is 36.9 Å². The lowest BCUT2D eigenvalue weighted by molar-refractivity contribution is 0.0943. The van der Waals surface area contributed by atoms with E-state index in [1.807, 2.05) is 24.3 Å². The molecule has 4 N–H and O–H groups in total. The SMILES string of the molecule is Cn1c(C(=O)NCc2cccc3[nH]ncc23)c(C=N)c2sc(Cc3cccc(=O)[nH]3)nc21. The normalized spacial score (nSPS) is 11.3. The van der Waals surface area contributed by atoms with Gasteiger partial charge >= 0.3 is 0 Å². The molecule has 160 valence electrons. The summed E-state index contributed by atoms with van der Waals surface area (Å²) in [5.41, 5.74) is 4.04. The summed E-state index contributed by atoms with van der Waals surface area (Å²) in [7, 11) is 1.77. The number of amides is 1. The van der Waals surface area contributed by atoms with E-state index in [4.69, 9.17) is 5.41 Å². The lowest BCUT2D eigenvalue weighted by Crippen LogP contribution is -2.26. The summed E-state index contributed by atoms with van der Waals surface area (Å²) in [6.45, 7) is 0.339. The van der Waals surface area contributed by atoms with Crippen molar-refractivity contribution in [3.8, 4) is 0 Å². The van der Waals surface area contributed by atoms with Crippen molar-refractivity contribution in [3.05, 3.63) is 80.5 Å². The van der Waals surface area contributed by atoms with E-state index in [2.05, 4.69) is 25.5 Å². The van der Waals surface area contributed by atoms with Gasteiger partial charge in [-0.1, -0.05) is 18.2 Å². The lowest BCUT2D eigenvalue weighted by Gasteiger charge is -2.08. The van der Waals surface area contributed by atoms with Crippen molar-refractivity contribution in [1.82, 2.24) is 30.0 Å². The Morgan fingerprint density at radius 1 is 1.28 bits per heavy atom. The summed E-state index contributed by atoms with van der Waals surface area (Å²) in [4.78, 5) is 32.1. The van der Waals surface area contributed by atoms with E-state index in [-0.39, 0.29) is 11.5 Å². The first-order valence-corrected chi connectivity index (χ1v) is 10.7. The van der Waals surface area contributed by atoms with Crippen LogP contribution in [0.5, 0.6) is 0 Å². The number of aromatic nitrogens is 5. The second-order valence-electron chi connectivity index (χ2n) is 7.37. The number of fused-ring (bicyclic) bond motifs is 2. The maximum absolute atomic E-state index is 13.1. The van der Waals surface area contributed by atoms with Crippen LogP contribution in [0.1, 0.15) is 32.3 Å². The van der Waals surface area contributed by atoms with Gasteiger partial charge in [0.2, 0.25) is 5.56 Å². The fourth-order valence-electron chi connectivity index (χ4n) is 3.84. The Labute approximate surface area is 185 Å². The number of nitrogens with one attached hydrogen (secondary N) is 4. The van der Waals surface area contributed by atoms with E-state index < -0.39 is 0 Å². The molecule has 0 atom stereocenters. The third-order valence-corrected chi connectivity index (χ3v) is 6.43. The van der Waals surface area contributed by atoms with Gasteiger partial charge in [0.25, 0.3) is 5.91 Å². The molecule has 10 heteroatoms. The minimum absolute atomic E-state index is 0.158. The molecule has 5 aromatic rings. The van der Waals surface area contributed by atoms with Crippen molar-refractivity contribution in [2.75, 3.05) is 0 Å². The van der Waals surface area contributed by atoms with Crippen molar-refractivity contribution in [1.29, 1.82) is 5.41 Å². The number of nitrogens with zero attached hydrogens (tertiary/aromatic N) is 3. The summed E-state index contributed by atoms with van der Waals surface area (Å²) >= 11 is 1.42. The van der Waals surface area contributed by atoms with Gasteiger partial charge in [-0.25, -0.2) is 4.98 Å². The van der Waals surface area contributed by atoms with Crippen LogP contribution in [0.4, 0.5) is 0 Å². The number of rotatable bonds is 6. The van der Waals surface area contributed by atoms with Gasteiger partial charge in [-0.3, -0.25) is 14.7 Å². The van der Waals surface area contributed by atoms with Gasteiger partial charge in [0.1, 0.15) is 10.7 Å². The average molecular weight is 446 g/mol. The third kappa shape index (κ3) is 3.40. The van der Waals surface area contributed by atoms with Crippen molar-refractivity contribution in [3.63, 3.8) is 0 Å². The zero-order chi connectivity index (χ0) is 22.2. The highest BCUT2D eigenvalue weighted by Crippen LogP contribution is 2.30. The van der Waals surface area contributed by atoms with E-state index >= 15 is 0 Å². The molecule has 9 nitrogen and oxygen atoms in total. The fraction of sp³-hybridized carbons (Fsp3) is 0.136. The van der Waals surface area contributed by atoms with Gasteiger partial charge in [-0.05, 0) is 17.7 Å². The van der Waals surface area contributed by atoms with Gasteiger partial charge in [-0.15, -0.1) is 11.3 Å². The zero-order valence-electron chi connectivity index (χ0n) is 17.1. The first-order chi connectivity index (χ1) is 15.5. The van der Waals surface area contributed by atoms with Gasteiger partial charge in [0, 0.05) is 48.9 Å². The maximum Gasteiger partial charge on any atom is 0.268 e. The highest BCUT2D eigenvalue weighted by atomic mass is 32.1. The summed E-state index contributed by atoms with van der Waals surface area (Å²) in [6.07, 6.45) is 3.41. The molecule has 0 saturated heterocycles. The summed E-state index contributed by atoms with van der Waals surface area (Å²) in [5, 5.41) is 19.6. The Hall–Kier alpha value is -4.05. The summed E-state index contributed by atoms with van der Waals surface area (Å²) in [5.74, 6) is -0.273. The predicted octanol–water partition coefficient (Wildman–Crippen LogP) is 2.72. The molecule has 0 fully saturated rings. The van der Waals surface area contributed by atoms with E-state index in [1.165, 1.54) is 23.6 Å². The molecule has 4 heterocycles. The highest BCUT2D eigenvalue weighted by Gasteiger charge is 2.23.